The summed E-state index contributed by atoms with van der Waals surface area (Å²) in [6.07, 6.45) is 2.40. The second kappa shape index (κ2) is 8.15. The first-order valence-electron chi connectivity index (χ1n) is 7.39. The van der Waals surface area contributed by atoms with Crippen LogP contribution in [0.5, 0.6) is 0 Å². The van der Waals surface area contributed by atoms with Crippen LogP contribution >= 0.6 is 0 Å². The number of carbonyl (C=O) groups is 1. The quantitative estimate of drug-likeness (QED) is 0.805. The lowest BCUT2D eigenvalue weighted by atomic mass is 10.1. The van der Waals surface area contributed by atoms with Crippen LogP contribution < -0.4 is 5.32 Å². The monoisotopic (exact) mass is 295 g/mol. The Kier molecular flexibility index (Phi) is 5.92. The molecule has 0 bridgehead atoms. The van der Waals surface area contributed by atoms with Gasteiger partial charge < -0.3 is 10.4 Å². The summed E-state index contributed by atoms with van der Waals surface area (Å²) in [6, 6.07) is 17.6. The number of allylic oxidation sites excluding steroid dienone is 1. The number of amides is 1. The molecule has 3 nitrogen and oxygen atoms in total. The molecule has 0 aromatic heterocycles. The van der Waals surface area contributed by atoms with E-state index in [0.717, 1.165) is 28.7 Å². The first kappa shape index (κ1) is 16.0. The van der Waals surface area contributed by atoms with E-state index in [1.807, 2.05) is 61.5 Å². The van der Waals surface area contributed by atoms with Gasteiger partial charge in [0.2, 0.25) is 5.91 Å². The smallest absolute Gasteiger partial charge is 0.244 e. The van der Waals surface area contributed by atoms with Gasteiger partial charge in [0.1, 0.15) is 0 Å². The molecule has 0 radical (unpaired) electrons. The van der Waals surface area contributed by atoms with E-state index < -0.39 is 0 Å². The Morgan fingerprint density at radius 2 is 1.68 bits per heavy atom. The van der Waals surface area contributed by atoms with E-state index in [1.165, 1.54) is 0 Å². The summed E-state index contributed by atoms with van der Waals surface area (Å²) in [5.74, 6) is -0.0756. The second-order valence-corrected chi connectivity index (χ2v) is 5.21. The van der Waals surface area contributed by atoms with E-state index in [-0.39, 0.29) is 12.5 Å². The predicted octanol–water partition coefficient (Wildman–Crippen LogP) is 2.94. The molecule has 0 saturated heterocycles. The molecule has 0 spiro atoms. The average molecular weight is 295 g/mol. The topological polar surface area (TPSA) is 49.3 Å². The number of aliphatic hydroxyl groups is 1. The van der Waals surface area contributed by atoms with Gasteiger partial charge in [0.15, 0.2) is 0 Å². The van der Waals surface area contributed by atoms with Crippen LogP contribution in [0.1, 0.15) is 23.6 Å². The van der Waals surface area contributed by atoms with Crippen molar-refractivity contribution in [2.24, 2.45) is 0 Å². The van der Waals surface area contributed by atoms with E-state index in [9.17, 15) is 4.79 Å². The molecule has 0 heterocycles. The van der Waals surface area contributed by atoms with Gasteiger partial charge in [0.25, 0.3) is 0 Å². The molecule has 0 unspecified atom stereocenters. The molecule has 1 amide bonds. The maximum absolute atomic E-state index is 11.9. The SMILES string of the molecule is C/C(=C/C(=O)NCCc1ccc(CO)cc1)c1ccccc1. The minimum absolute atomic E-state index is 0.0561. The Morgan fingerprint density at radius 1 is 1.05 bits per heavy atom. The zero-order chi connectivity index (χ0) is 15.8. The Balaban J connectivity index is 1.82. The summed E-state index contributed by atoms with van der Waals surface area (Å²) in [6.45, 7) is 2.58. The zero-order valence-corrected chi connectivity index (χ0v) is 12.8. The maximum Gasteiger partial charge on any atom is 0.244 e. The highest BCUT2D eigenvalue weighted by Gasteiger charge is 2.00. The third kappa shape index (κ3) is 4.86. The number of carbonyl (C=O) groups excluding carboxylic acids is 1. The third-order valence-corrected chi connectivity index (χ3v) is 3.50. The van der Waals surface area contributed by atoms with Crippen LogP contribution in [0.4, 0.5) is 0 Å². The largest absolute Gasteiger partial charge is 0.392 e. The van der Waals surface area contributed by atoms with Crippen molar-refractivity contribution >= 4 is 11.5 Å². The van der Waals surface area contributed by atoms with Gasteiger partial charge in [-0.15, -0.1) is 0 Å². The highest BCUT2D eigenvalue weighted by atomic mass is 16.3. The Bertz CT molecular complexity index is 630. The van der Waals surface area contributed by atoms with E-state index in [4.69, 9.17) is 5.11 Å². The van der Waals surface area contributed by atoms with Crippen LogP contribution in [0.3, 0.4) is 0 Å². The summed E-state index contributed by atoms with van der Waals surface area (Å²) in [5.41, 5.74) is 4.04. The van der Waals surface area contributed by atoms with Crippen LogP contribution in [0.2, 0.25) is 0 Å². The lowest BCUT2D eigenvalue weighted by Crippen LogP contribution is -2.23. The van der Waals surface area contributed by atoms with Gasteiger partial charge in [-0.25, -0.2) is 0 Å². The molecule has 2 rings (SSSR count). The molecule has 2 aromatic carbocycles. The predicted molar refractivity (Wildman–Crippen MR) is 89.2 cm³/mol. The van der Waals surface area contributed by atoms with Crippen molar-refractivity contribution in [3.05, 3.63) is 77.4 Å². The molecule has 0 fully saturated rings. The molecule has 0 aliphatic heterocycles. The number of hydrogen-bond donors (Lipinski definition) is 2. The van der Waals surface area contributed by atoms with Crippen molar-refractivity contribution in [1.82, 2.24) is 5.32 Å². The maximum atomic E-state index is 11.9. The van der Waals surface area contributed by atoms with E-state index in [2.05, 4.69) is 5.32 Å². The average Bonchev–Trinajstić information content (AvgIpc) is 2.56. The van der Waals surface area contributed by atoms with Crippen LogP contribution in [-0.4, -0.2) is 17.6 Å². The molecule has 114 valence electrons. The van der Waals surface area contributed by atoms with E-state index >= 15 is 0 Å². The molecule has 0 saturated carbocycles. The highest BCUT2D eigenvalue weighted by Crippen LogP contribution is 2.12. The van der Waals surface area contributed by atoms with Crippen LogP contribution in [0.25, 0.3) is 5.57 Å². The Morgan fingerprint density at radius 3 is 2.32 bits per heavy atom. The molecule has 2 aromatic rings. The summed E-state index contributed by atoms with van der Waals surface area (Å²) < 4.78 is 0. The van der Waals surface area contributed by atoms with Gasteiger partial charge in [-0.05, 0) is 35.6 Å². The molecule has 22 heavy (non-hydrogen) atoms. The zero-order valence-electron chi connectivity index (χ0n) is 12.8. The van der Waals surface area contributed by atoms with Crippen LogP contribution in [-0.2, 0) is 17.8 Å². The molecular formula is C19H21NO2. The third-order valence-electron chi connectivity index (χ3n) is 3.50. The first-order chi connectivity index (χ1) is 10.7. The summed E-state index contributed by atoms with van der Waals surface area (Å²) >= 11 is 0. The standard InChI is InChI=1S/C19H21NO2/c1-15(18-5-3-2-4-6-18)13-19(22)20-12-11-16-7-9-17(14-21)10-8-16/h2-10,13,21H,11-12,14H2,1H3,(H,20,22)/b15-13-. The highest BCUT2D eigenvalue weighted by molar-refractivity contribution is 5.94. The second-order valence-electron chi connectivity index (χ2n) is 5.21. The van der Waals surface area contributed by atoms with Crippen molar-refractivity contribution in [2.75, 3.05) is 6.54 Å². The van der Waals surface area contributed by atoms with Crippen molar-refractivity contribution in [3.8, 4) is 0 Å². The van der Waals surface area contributed by atoms with E-state index in [0.29, 0.717) is 6.54 Å². The molecule has 0 aliphatic rings. The summed E-state index contributed by atoms with van der Waals surface area (Å²) in [4.78, 5) is 11.9. The molecule has 2 N–H and O–H groups in total. The Labute approximate surface area is 131 Å². The lowest BCUT2D eigenvalue weighted by Gasteiger charge is -2.05. The van der Waals surface area contributed by atoms with E-state index in [1.54, 1.807) is 6.08 Å². The summed E-state index contributed by atoms with van der Waals surface area (Å²) in [7, 11) is 0. The van der Waals surface area contributed by atoms with Gasteiger partial charge in [-0.3, -0.25) is 4.79 Å². The summed E-state index contributed by atoms with van der Waals surface area (Å²) in [5, 5.41) is 11.9. The van der Waals surface area contributed by atoms with Crippen LogP contribution in [0.15, 0.2) is 60.7 Å². The molecule has 3 heteroatoms. The molecule has 0 aliphatic carbocycles. The van der Waals surface area contributed by atoms with Gasteiger partial charge in [0, 0.05) is 12.6 Å². The minimum atomic E-state index is -0.0756. The van der Waals surface area contributed by atoms with Gasteiger partial charge in [-0.1, -0.05) is 54.6 Å². The van der Waals surface area contributed by atoms with Crippen molar-refractivity contribution in [3.63, 3.8) is 0 Å². The van der Waals surface area contributed by atoms with Crippen LogP contribution in [0, 0.1) is 0 Å². The Hall–Kier alpha value is -2.39. The fourth-order valence-corrected chi connectivity index (χ4v) is 2.17. The minimum Gasteiger partial charge on any atom is -0.392 e. The number of benzene rings is 2. The number of nitrogens with one attached hydrogen (secondary N) is 1. The van der Waals surface area contributed by atoms with Crippen molar-refractivity contribution in [2.45, 2.75) is 20.0 Å². The normalized spacial score (nSPS) is 11.3. The molecular weight excluding hydrogens is 274 g/mol. The first-order valence-corrected chi connectivity index (χ1v) is 7.39. The number of aliphatic hydroxyl groups excluding tert-OH is 1. The fraction of sp³-hybridized carbons (Fsp3) is 0.211. The fourth-order valence-electron chi connectivity index (χ4n) is 2.17. The number of rotatable bonds is 6. The van der Waals surface area contributed by atoms with Gasteiger partial charge in [-0.2, -0.15) is 0 Å². The molecule has 0 atom stereocenters. The van der Waals surface area contributed by atoms with Crippen molar-refractivity contribution in [1.29, 1.82) is 0 Å². The lowest BCUT2D eigenvalue weighted by molar-refractivity contribution is -0.116. The van der Waals surface area contributed by atoms with Crippen molar-refractivity contribution < 1.29 is 9.90 Å². The van der Waals surface area contributed by atoms with Gasteiger partial charge >= 0.3 is 0 Å². The number of hydrogen-bond acceptors (Lipinski definition) is 2. The van der Waals surface area contributed by atoms with Gasteiger partial charge in [0.05, 0.1) is 6.61 Å².